The second-order valence-corrected chi connectivity index (χ2v) is 9.47. The molecule has 0 saturated heterocycles. The first-order valence-electron chi connectivity index (χ1n) is 11.8. The van der Waals surface area contributed by atoms with Crippen molar-refractivity contribution in [1.82, 2.24) is 19.7 Å². The molecule has 1 aliphatic heterocycles. The summed E-state index contributed by atoms with van der Waals surface area (Å²) in [4.78, 5) is 31.3. The van der Waals surface area contributed by atoms with Crippen LogP contribution in [-0.2, 0) is 11.3 Å². The zero-order chi connectivity index (χ0) is 22.2. The van der Waals surface area contributed by atoms with Gasteiger partial charge in [0.15, 0.2) is 5.58 Å². The van der Waals surface area contributed by atoms with Crippen LogP contribution in [-0.4, -0.2) is 63.9 Å². The van der Waals surface area contributed by atoms with Crippen LogP contribution in [0.15, 0.2) is 22.8 Å². The lowest BCUT2D eigenvalue weighted by atomic mass is 9.86. The zero-order valence-corrected chi connectivity index (χ0v) is 19.3. The van der Waals surface area contributed by atoms with E-state index in [0.29, 0.717) is 24.4 Å². The lowest BCUT2D eigenvalue weighted by molar-refractivity contribution is -0.134. The topological polar surface area (TPSA) is 70.7 Å². The molecule has 1 fully saturated rings. The maximum Gasteiger partial charge on any atom is 0.271 e. The highest BCUT2D eigenvalue weighted by molar-refractivity contribution is 6.02. The smallest absolute Gasteiger partial charge is 0.271 e. The predicted octanol–water partition coefficient (Wildman–Crippen LogP) is 3.49. The third-order valence-corrected chi connectivity index (χ3v) is 7.42. The molecule has 1 saturated carbocycles. The molecule has 0 radical (unpaired) electrons. The van der Waals surface area contributed by atoms with Crippen LogP contribution in [0.4, 0.5) is 0 Å². The number of furan rings is 1. The van der Waals surface area contributed by atoms with Gasteiger partial charge in [0.25, 0.3) is 5.91 Å². The quantitative estimate of drug-likeness (QED) is 0.733. The molecule has 0 bridgehead atoms. The molecule has 7 nitrogen and oxygen atoms in total. The summed E-state index contributed by atoms with van der Waals surface area (Å²) in [5, 5.41) is 3.30. The van der Waals surface area contributed by atoms with Crippen molar-refractivity contribution in [1.29, 1.82) is 0 Å². The zero-order valence-electron chi connectivity index (χ0n) is 19.3. The minimum absolute atomic E-state index is 0.0454. The van der Waals surface area contributed by atoms with Gasteiger partial charge in [0, 0.05) is 31.3 Å². The number of carbonyl (C=O) groups is 2. The van der Waals surface area contributed by atoms with E-state index in [4.69, 9.17) is 4.42 Å². The van der Waals surface area contributed by atoms with Gasteiger partial charge in [-0.15, -0.1) is 0 Å². The number of carbonyl (C=O) groups excluding carboxylic acids is 2. The highest BCUT2D eigenvalue weighted by Crippen LogP contribution is 2.33. The minimum atomic E-state index is -0.941. The summed E-state index contributed by atoms with van der Waals surface area (Å²) < 4.78 is 7.50. The number of nitrogens with zero attached hydrogens (tertiary/aromatic N) is 3. The first-order valence-corrected chi connectivity index (χ1v) is 11.8. The number of hydrogen-bond acceptors (Lipinski definition) is 4. The summed E-state index contributed by atoms with van der Waals surface area (Å²) in [6.07, 6.45) is 5.94. The minimum Gasteiger partial charge on any atom is -0.463 e. The van der Waals surface area contributed by atoms with Gasteiger partial charge in [0.05, 0.1) is 18.3 Å². The number of nitrogens with one attached hydrogen (secondary N) is 1. The summed E-state index contributed by atoms with van der Waals surface area (Å²) >= 11 is 0. The Morgan fingerprint density at radius 2 is 1.97 bits per heavy atom. The van der Waals surface area contributed by atoms with Crippen LogP contribution in [0.5, 0.6) is 0 Å². The number of aromatic nitrogens is 1. The summed E-state index contributed by atoms with van der Waals surface area (Å²) in [7, 11) is 0. The Morgan fingerprint density at radius 1 is 1.26 bits per heavy atom. The molecule has 7 heteroatoms. The molecule has 2 aromatic heterocycles. The van der Waals surface area contributed by atoms with E-state index in [-0.39, 0.29) is 17.9 Å². The van der Waals surface area contributed by atoms with E-state index < -0.39 is 5.54 Å². The Hall–Kier alpha value is -2.28. The van der Waals surface area contributed by atoms with Crippen LogP contribution in [0.3, 0.4) is 0 Å². The standard InChI is InChI=1S/C24H36N4O3/c1-5-26(6-2)12-13-28-22(29)20-15-21-19(11-14-31-21)27(20)16-24(28,4)23(30)25-18-9-7-17(3)8-10-18/h11,14-15,17-18H,5-10,12-13,16H2,1-4H3,(H,25,30)/t17?,18?,24-/m0/s1. The van der Waals surface area contributed by atoms with Crippen molar-refractivity contribution in [2.75, 3.05) is 26.2 Å². The summed E-state index contributed by atoms with van der Waals surface area (Å²) in [6, 6.07) is 3.88. The van der Waals surface area contributed by atoms with Crippen molar-refractivity contribution in [3.8, 4) is 0 Å². The molecular weight excluding hydrogens is 392 g/mol. The van der Waals surface area contributed by atoms with Gasteiger partial charge in [-0.1, -0.05) is 20.8 Å². The van der Waals surface area contributed by atoms with Crippen LogP contribution in [0.25, 0.3) is 11.1 Å². The Morgan fingerprint density at radius 3 is 2.65 bits per heavy atom. The number of amides is 2. The van der Waals surface area contributed by atoms with E-state index >= 15 is 0 Å². The molecule has 2 aromatic rings. The second kappa shape index (κ2) is 8.69. The van der Waals surface area contributed by atoms with Crippen LogP contribution < -0.4 is 5.32 Å². The molecule has 1 atom stereocenters. The normalized spacial score (nSPS) is 26.5. The molecule has 3 heterocycles. The van der Waals surface area contributed by atoms with E-state index in [2.05, 4.69) is 31.0 Å². The SMILES string of the molecule is CCN(CC)CCN1C(=O)c2cc3occc3n2C[C@@]1(C)C(=O)NC1CCC(C)CC1. The summed E-state index contributed by atoms with van der Waals surface area (Å²) in [6.45, 7) is 12.0. The molecule has 0 unspecified atom stereocenters. The fraction of sp³-hybridized carbons (Fsp3) is 0.667. The van der Waals surface area contributed by atoms with Gasteiger partial charge in [-0.3, -0.25) is 9.59 Å². The molecule has 31 heavy (non-hydrogen) atoms. The third-order valence-electron chi connectivity index (χ3n) is 7.42. The van der Waals surface area contributed by atoms with Crippen molar-refractivity contribution in [3.63, 3.8) is 0 Å². The summed E-state index contributed by atoms with van der Waals surface area (Å²) in [5.74, 6) is 0.582. The lowest BCUT2D eigenvalue weighted by Crippen LogP contribution is -2.65. The maximum absolute atomic E-state index is 13.7. The van der Waals surface area contributed by atoms with Crippen LogP contribution in [0.1, 0.15) is 63.9 Å². The predicted molar refractivity (Wildman–Crippen MR) is 121 cm³/mol. The maximum atomic E-state index is 13.7. The fourth-order valence-electron chi connectivity index (χ4n) is 5.15. The molecule has 0 aromatic carbocycles. The van der Waals surface area contributed by atoms with Gasteiger partial charge < -0.3 is 24.1 Å². The molecule has 0 spiro atoms. The molecule has 1 aliphatic carbocycles. The van der Waals surface area contributed by atoms with E-state index in [9.17, 15) is 9.59 Å². The number of rotatable bonds is 7. The van der Waals surface area contributed by atoms with Crippen LogP contribution in [0, 0.1) is 5.92 Å². The van der Waals surface area contributed by atoms with E-state index in [1.165, 1.54) is 0 Å². The molecular formula is C24H36N4O3. The average molecular weight is 429 g/mol. The van der Waals surface area contributed by atoms with Crippen molar-refractivity contribution in [2.24, 2.45) is 5.92 Å². The van der Waals surface area contributed by atoms with Crippen molar-refractivity contribution < 1.29 is 14.0 Å². The largest absolute Gasteiger partial charge is 0.463 e. The van der Waals surface area contributed by atoms with Crippen molar-refractivity contribution in [3.05, 3.63) is 24.1 Å². The van der Waals surface area contributed by atoms with E-state index in [0.717, 1.165) is 56.8 Å². The van der Waals surface area contributed by atoms with Crippen molar-refractivity contribution >= 4 is 22.9 Å². The Balaban J connectivity index is 1.63. The molecule has 1 N–H and O–H groups in total. The van der Waals surface area contributed by atoms with Gasteiger partial charge in [0.1, 0.15) is 11.2 Å². The molecule has 170 valence electrons. The average Bonchev–Trinajstić information content (AvgIpc) is 3.35. The molecule has 2 amide bonds. The van der Waals surface area contributed by atoms with Gasteiger partial charge >= 0.3 is 0 Å². The van der Waals surface area contributed by atoms with Gasteiger partial charge in [-0.2, -0.15) is 0 Å². The highest BCUT2D eigenvalue weighted by Gasteiger charge is 2.48. The van der Waals surface area contributed by atoms with Gasteiger partial charge in [0.2, 0.25) is 5.91 Å². The summed E-state index contributed by atoms with van der Waals surface area (Å²) in [5.41, 5.74) is 1.23. The second-order valence-electron chi connectivity index (χ2n) is 9.47. The number of likely N-dealkylation sites (N-methyl/N-ethyl adjacent to an activating group) is 1. The lowest BCUT2D eigenvalue weighted by Gasteiger charge is -2.45. The van der Waals surface area contributed by atoms with Gasteiger partial charge in [-0.05, 0) is 51.6 Å². The Labute approximate surface area is 184 Å². The van der Waals surface area contributed by atoms with E-state index in [1.54, 1.807) is 11.2 Å². The first-order chi connectivity index (χ1) is 14.9. The van der Waals surface area contributed by atoms with E-state index in [1.807, 2.05) is 23.6 Å². The first kappa shape index (κ1) is 21.9. The fourth-order valence-corrected chi connectivity index (χ4v) is 5.15. The molecule has 2 aliphatic rings. The highest BCUT2D eigenvalue weighted by atomic mass is 16.3. The van der Waals surface area contributed by atoms with Gasteiger partial charge in [-0.25, -0.2) is 0 Å². The van der Waals surface area contributed by atoms with Crippen molar-refractivity contribution in [2.45, 2.75) is 71.5 Å². The third kappa shape index (κ3) is 4.00. The van der Waals surface area contributed by atoms with Crippen LogP contribution in [0.2, 0.25) is 0 Å². The number of fused-ring (bicyclic) bond motifs is 3. The molecule has 4 rings (SSSR count). The Kier molecular flexibility index (Phi) is 6.15. The van der Waals surface area contributed by atoms with Crippen LogP contribution >= 0.6 is 0 Å². The Bertz CT molecular complexity index is 936. The monoisotopic (exact) mass is 428 g/mol. The number of hydrogen-bond donors (Lipinski definition) is 1.